The fourth-order valence-electron chi connectivity index (χ4n) is 1.95. The molecular formula is C18H19FN2O4. The third kappa shape index (κ3) is 6.50. The average molecular weight is 346 g/mol. The molecule has 2 aromatic carbocycles. The van der Waals surface area contributed by atoms with E-state index in [0.29, 0.717) is 11.4 Å². The molecule has 0 fully saturated rings. The molecule has 0 bridgehead atoms. The van der Waals surface area contributed by atoms with Crippen molar-refractivity contribution in [3.8, 4) is 5.75 Å². The topological polar surface area (TPSA) is 76.7 Å². The van der Waals surface area contributed by atoms with E-state index in [0.717, 1.165) is 5.56 Å². The van der Waals surface area contributed by atoms with Gasteiger partial charge in [-0.25, -0.2) is 9.18 Å². The molecule has 2 rings (SSSR count). The average Bonchev–Trinajstić information content (AvgIpc) is 2.60. The van der Waals surface area contributed by atoms with Gasteiger partial charge in [-0.15, -0.1) is 0 Å². The van der Waals surface area contributed by atoms with Crippen LogP contribution >= 0.6 is 0 Å². The molecule has 2 N–H and O–H groups in total. The summed E-state index contributed by atoms with van der Waals surface area (Å²) in [4.78, 5) is 23.2. The van der Waals surface area contributed by atoms with E-state index in [1.54, 1.807) is 43.3 Å². The quantitative estimate of drug-likeness (QED) is 0.808. The zero-order valence-electron chi connectivity index (χ0n) is 13.8. The van der Waals surface area contributed by atoms with Crippen LogP contribution in [0.5, 0.6) is 5.75 Å². The van der Waals surface area contributed by atoms with Crippen LogP contribution in [0.3, 0.4) is 0 Å². The second-order valence-corrected chi connectivity index (χ2v) is 5.07. The SMILES string of the molecule is CCOC(=O)Nc1cccc(OCC(=O)NCc2ccc(F)cc2)c1. The third-order valence-electron chi connectivity index (χ3n) is 3.13. The molecule has 0 saturated heterocycles. The van der Waals surface area contributed by atoms with Crippen molar-refractivity contribution in [2.75, 3.05) is 18.5 Å². The molecule has 0 atom stereocenters. The molecular weight excluding hydrogens is 327 g/mol. The monoisotopic (exact) mass is 346 g/mol. The molecule has 6 nitrogen and oxygen atoms in total. The van der Waals surface area contributed by atoms with Crippen molar-refractivity contribution in [3.05, 3.63) is 59.9 Å². The zero-order chi connectivity index (χ0) is 18.1. The highest BCUT2D eigenvalue weighted by atomic mass is 19.1. The maximum atomic E-state index is 12.8. The van der Waals surface area contributed by atoms with Crippen LogP contribution in [0.15, 0.2) is 48.5 Å². The van der Waals surface area contributed by atoms with Crippen molar-refractivity contribution in [2.45, 2.75) is 13.5 Å². The summed E-state index contributed by atoms with van der Waals surface area (Å²) in [6.07, 6.45) is -0.559. The van der Waals surface area contributed by atoms with Crippen molar-refractivity contribution in [1.82, 2.24) is 5.32 Å². The lowest BCUT2D eigenvalue weighted by atomic mass is 10.2. The fraction of sp³-hybridized carbons (Fsp3) is 0.222. The summed E-state index contributed by atoms with van der Waals surface area (Å²) in [5.74, 6) is -0.200. The van der Waals surface area contributed by atoms with Crippen LogP contribution in [-0.2, 0) is 16.1 Å². The van der Waals surface area contributed by atoms with Gasteiger partial charge in [-0.1, -0.05) is 18.2 Å². The van der Waals surface area contributed by atoms with Crippen LogP contribution < -0.4 is 15.4 Å². The highest BCUT2D eigenvalue weighted by Crippen LogP contribution is 2.17. The highest BCUT2D eigenvalue weighted by molar-refractivity contribution is 5.84. The molecule has 25 heavy (non-hydrogen) atoms. The van der Waals surface area contributed by atoms with Gasteiger partial charge in [0.05, 0.1) is 6.61 Å². The van der Waals surface area contributed by atoms with Gasteiger partial charge >= 0.3 is 6.09 Å². The number of anilines is 1. The van der Waals surface area contributed by atoms with Crippen LogP contribution in [0.4, 0.5) is 14.9 Å². The molecule has 0 aromatic heterocycles. The highest BCUT2D eigenvalue weighted by Gasteiger charge is 2.06. The Bertz CT molecular complexity index is 719. The molecule has 2 amide bonds. The van der Waals surface area contributed by atoms with E-state index in [-0.39, 0.29) is 31.5 Å². The molecule has 7 heteroatoms. The van der Waals surface area contributed by atoms with E-state index in [2.05, 4.69) is 10.6 Å². The summed E-state index contributed by atoms with van der Waals surface area (Å²) in [7, 11) is 0. The minimum absolute atomic E-state index is 0.177. The van der Waals surface area contributed by atoms with Crippen LogP contribution in [0.25, 0.3) is 0 Å². The number of hydrogen-bond acceptors (Lipinski definition) is 4. The van der Waals surface area contributed by atoms with Crippen LogP contribution in [-0.4, -0.2) is 25.2 Å². The van der Waals surface area contributed by atoms with Gasteiger partial charge in [0.25, 0.3) is 5.91 Å². The van der Waals surface area contributed by atoms with E-state index >= 15 is 0 Å². The summed E-state index contributed by atoms with van der Waals surface area (Å²) >= 11 is 0. The van der Waals surface area contributed by atoms with Crippen molar-refractivity contribution in [1.29, 1.82) is 0 Å². The molecule has 0 radical (unpaired) electrons. The van der Waals surface area contributed by atoms with Crippen molar-refractivity contribution < 1.29 is 23.5 Å². The van der Waals surface area contributed by atoms with Gasteiger partial charge < -0.3 is 14.8 Å². The first-order valence-corrected chi connectivity index (χ1v) is 7.74. The first-order chi connectivity index (χ1) is 12.1. The summed E-state index contributed by atoms with van der Waals surface area (Å²) in [5.41, 5.74) is 1.29. The Labute approximate surface area is 144 Å². The predicted molar refractivity (Wildman–Crippen MR) is 90.8 cm³/mol. The van der Waals surface area contributed by atoms with E-state index in [4.69, 9.17) is 9.47 Å². The normalized spacial score (nSPS) is 10.0. The second kappa shape index (κ2) is 9.27. The Morgan fingerprint density at radius 1 is 1.12 bits per heavy atom. The van der Waals surface area contributed by atoms with E-state index < -0.39 is 6.09 Å². The van der Waals surface area contributed by atoms with Crippen LogP contribution in [0.2, 0.25) is 0 Å². The summed E-state index contributed by atoms with van der Waals surface area (Å²) in [5, 5.41) is 5.23. The van der Waals surface area contributed by atoms with E-state index in [1.807, 2.05) is 0 Å². The number of benzene rings is 2. The van der Waals surface area contributed by atoms with Gasteiger partial charge in [0.15, 0.2) is 6.61 Å². The number of carbonyl (C=O) groups excluding carboxylic acids is 2. The summed E-state index contributed by atoms with van der Waals surface area (Å²) in [6, 6.07) is 12.5. The number of carbonyl (C=O) groups is 2. The lowest BCUT2D eigenvalue weighted by Crippen LogP contribution is -2.28. The molecule has 0 spiro atoms. The Balaban J connectivity index is 1.79. The number of hydrogen-bond donors (Lipinski definition) is 2. The van der Waals surface area contributed by atoms with Gasteiger partial charge in [-0.3, -0.25) is 10.1 Å². The Morgan fingerprint density at radius 2 is 1.88 bits per heavy atom. The molecule has 0 saturated carbocycles. The van der Waals surface area contributed by atoms with Gasteiger partial charge in [-0.2, -0.15) is 0 Å². The van der Waals surface area contributed by atoms with Crippen molar-refractivity contribution >= 4 is 17.7 Å². The Morgan fingerprint density at radius 3 is 2.60 bits per heavy atom. The van der Waals surface area contributed by atoms with E-state index in [1.165, 1.54) is 12.1 Å². The fourth-order valence-corrected chi connectivity index (χ4v) is 1.95. The molecule has 0 unspecified atom stereocenters. The standard InChI is InChI=1S/C18H19FN2O4/c1-2-24-18(23)21-15-4-3-5-16(10-15)25-12-17(22)20-11-13-6-8-14(19)9-7-13/h3-10H,2,11-12H2,1H3,(H,20,22)(H,21,23). The van der Waals surface area contributed by atoms with Gasteiger partial charge in [0.1, 0.15) is 11.6 Å². The van der Waals surface area contributed by atoms with Gasteiger partial charge in [0, 0.05) is 18.3 Å². The molecule has 0 aliphatic carbocycles. The number of halogens is 1. The molecule has 132 valence electrons. The first kappa shape index (κ1) is 18.3. The van der Waals surface area contributed by atoms with Crippen molar-refractivity contribution in [3.63, 3.8) is 0 Å². The molecule has 0 aliphatic rings. The Kier molecular flexibility index (Phi) is 6.76. The summed E-state index contributed by atoms with van der Waals surface area (Å²) in [6.45, 7) is 2.09. The van der Waals surface area contributed by atoms with Crippen LogP contribution in [0.1, 0.15) is 12.5 Å². The number of amides is 2. The minimum Gasteiger partial charge on any atom is -0.484 e. The van der Waals surface area contributed by atoms with Crippen LogP contribution in [0, 0.1) is 5.82 Å². The van der Waals surface area contributed by atoms with Gasteiger partial charge in [0.2, 0.25) is 0 Å². The molecule has 2 aromatic rings. The smallest absolute Gasteiger partial charge is 0.411 e. The maximum Gasteiger partial charge on any atom is 0.411 e. The van der Waals surface area contributed by atoms with Gasteiger partial charge in [-0.05, 0) is 36.8 Å². The lowest BCUT2D eigenvalue weighted by molar-refractivity contribution is -0.123. The number of nitrogens with one attached hydrogen (secondary N) is 2. The third-order valence-corrected chi connectivity index (χ3v) is 3.13. The molecule has 0 aliphatic heterocycles. The number of ether oxygens (including phenoxy) is 2. The summed E-state index contributed by atoms with van der Waals surface area (Å²) < 4.78 is 23.0. The predicted octanol–water partition coefficient (Wildman–Crippen LogP) is 3.09. The Hall–Kier alpha value is -3.09. The lowest BCUT2D eigenvalue weighted by Gasteiger charge is -2.10. The second-order valence-electron chi connectivity index (χ2n) is 5.07. The largest absolute Gasteiger partial charge is 0.484 e. The first-order valence-electron chi connectivity index (χ1n) is 7.74. The zero-order valence-corrected chi connectivity index (χ0v) is 13.8. The molecule has 0 heterocycles. The minimum atomic E-state index is -0.559. The maximum absolute atomic E-state index is 12.8. The number of rotatable bonds is 7. The van der Waals surface area contributed by atoms with Crippen molar-refractivity contribution in [2.24, 2.45) is 0 Å². The van der Waals surface area contributed by atoms with E-state index in [9.17, 15) is 14.0 Å².